The number of hydrogen-bond donors (Lipinski definition) is 1. The molecule has 0 aromatic heterocycles. The van der Waals surface area contributed by atoms with Crippen LogP contribution < -0.4 is 4.74 Å². The summed E-state index contributed by atoms with van der Waals surface area (Å²) in [6.45, 7) is 4.70. The molecule has 2 aromatic rings. The van der Waals surface area contributed by atoms with Crippen LogP contribution in [0.25, 0.3) is 0 Å². The number of benzene rings is 2. The van der Waals surface area contributed by atoms with Gasteiger partial charge in [0.1, 0.15) is 24.7 Å². The van der Waals surface area contributed by atoms with Gasteiger partial charge in [0.25, 0.3) is 0 Å². The van der Waals surface area contributed by atoms with Crippen LogP contribution in [0.1, 0.15) is 25.0 Å². The van der Waals surface area contributed by atoms with Crippen molar-refractivity contribution in [2.75, 3.05) is 19.8 Å². The molecular formula is C21H25NO5. The summed E-state index contributed by atoms with van der Waals surface area (Å²) in [5, 5.41) is 13.4. The molecular weight excluding hydrogens is 346 g/mol. The quantitative estimate of drug-likeness (QED) is 0.483. The lowest BCUT2D eigenvalue weighted by Gasteiger charge is -2.14. The van der Waals surface area contributed by atoms with E-state index in [0.717, 1.165) is 11.1 Å². The summed E-state index contributed by atoms with van der Waals surface area (Å²) in [6.07, 6.45) is -0.594. The van der Waals surface area contributed by atoms with Gasteiger partial charge in [-0.15, -0.1) is 0 Å². The van der Waals surface area contributed by atoms with E-state index in [9.17, 15) is 9.90 Å². The van der Waals surface area contributed by atoms with Crippen molar-refractivity contribution in [1.82, 2.24) is 0 Å². The lowest BCUT2D eigenvalue weighted by Crippen LogP contribution is -2.26. The van der Waals surface area contributed by atoms with Crippen molar-refractivity contribution in [3.63, 3.8) is 0 Å². The Labute approximate surface area is 159 Å². The molecule has 0 fully saturated rings. The van der Waals surface area contributed by atoms with Crippen LogP contribution in [0.4, 0.5) is 0 Å². The SMILES string of the molecule is CCO/N=C(/COc1cccc(CC(OCC)C(=O)O)c1)c1ccccc1. The zero-order valence-corrected chi connectivity index (χ0v) is 15.6. The molecule has 0 heterocycles. The number of nitrogens with zero attached hydrogens (tertiary/aromatic N) is 1. The molecule has 1 atom stereocenters. The molecule has 0 saturated heterocycles. The average Bonchev–Trinajstić information content (AvgIpc) is 2.68. The van der Waals surface area contributed by atoms with Crippen molar-refractivity contribution in [2.45, 2.75) is 26.4 Å². The number of carboxylic acid groups (broad SMARTS) is 1. The summed E-state index contributed by atoms with van der Waals surface area (Å²) in [5.74, 6) is -0.341. The van der Waals surface area contributed by atoms with Gasteiger partial charge in [-0.25, -0.2) is 4.79 Å². The van der Waals surface area contributed by atoms with E-state index in [1.54, 1.807) is 6.92 Å². The molecule has 1 N–H and O–H groups in total. The molecule has 0 amide bonds. The second-order valence-corrected chi connectivity index (χ2v) is 5.74. The standard InChI is InChI=1S/C21H25NO5/c1-3-25-20(21(23)24)14-16-9-8-12-18(13-16)26-15-19(22-27-4-2)17-10-6-5-7-11-17/h5-13,20H,3-4,14-15H2,1-2H3,(H,23,24)/b22-19-. The molecule has 144 valence electrons. The molecule has 0 spiro atoms. The van der Waals surface area contributed by atoms with Gasteiger partial charge in [0.05, 0.1) is 0 Å². The largest absolute Gasteiger partial charge is 0.487 e. The van der Waals surface area contributed by atoms with E-state index in [2.05, 4.69) is 5.16 Å². The van der Waals surface area contributed by atoms with Crippen molar-refractivity contribution in [1.29, 1.82) is 0 Å². The van der Waals surface area contributed by atoms with Gasteiger partial charge in [-0.1, -0.05) is 47.6 Å². The van der Waals surface area contributed by atoms with Gasteiger partial charge in [-0.3, -0.25) is 0 Å². The normalized spacial score (nSPS) is 12.4. The molecule has 0 aliphatic heterocycles. The molecule has 0 aliphatic rings. The monoisotopic (exact) mass is 371 g/mol. The first-order valence-electron chi connectivity index (χ1n) is 8.94. The maximum atomic E-state index is 11.3. The maximum Gasteiger partial charge on any atom is 0.333 e. The van der Waals surface area contributed by atoms with Gasteiger partial charge >= 0.3 is 5.97 Å². The summed E-state index contributed by atoms with van der Waals surface area (Å²) in [7, 11) is 0. The lowest BCUT2D eigenvalue weighted by atomic mass is 10.1. The van der Waals surface area contributed by atoms with Gasteiger partial charge in [-0.2, -0.15) is 0 Å². The van der Waals surface area contributed by atoms with Gasteiger partial charge in [0.15, 0.2) is 6.10 Å². The van der Waals surface area contributed by atoms with Crippen LogP contribution >= 0.6 is 0 Å². The van der Waals surface area contributed by atoms with Crippen molar-refractivity contribution in [3.05, 3.63) is 65.7 Å². The highest BCUT2D eigenvalue weighted by Gasteiger charge is 2.18. The van der Waals surface area contributed by atoms with Crippen molar-refractivity contribution >= 4 is 11.7 Å². The van der Waals surface area contributed by atoms with Crippen molar-refractivity contribution < 1.29 is 24.2 Å². The molecule has 0 aliphatic carbocycles. The predicted molar refractivity (Wildman–Crippen MR) is 103 cm³/mol. The summed E-state index contributed by atoms with van der Waals surface area (Å²) in [4.78, 5) is 16.5. The third-order valence-corrected chi connectivity index (χ3v) is 3.75. The first-order chi connectivity index (χ1) is 13.1. The number of carbonyl (C=O) groups is 1. The van der Waals surface area contributed by atoms with E-state index >= 15 is 0 Å². The minimum Gasteiger partial charge on any atom is -0.487 e. The summed E-state index contributed by atoms with van der Waals surface area (Å²) >= 11 is 0. The lowest BCUT2D eigenvalue weighted by molar-refractivity contribution is -0.149. The third-order valence-electron chi connectivity index (χ3n) is 3.75. The fourth-order valence-corrected chi connectivity index (χ4v) is 2.48. The fourth-order valence-electron chi connectivity index (χ4n) is 2.48. The van der Waals surface area contributed by atoms with Crippen LogP contribution in [0.5, 0.6) is 5.75 Å². The molecule has 6 heteroatoms. The second kappa shape index (κ2) is 11.0. The predicted octanol–water partition coefficient (Wildman–Crippen LogP) is 3.54. The minimum absolute atomic E-state index is 0.237. The number of rotatable bonds is 11. The zero-order chi connectivity index (χ0) is 19.5. The van der Waals surface area contributed by atoms with Crippen LogP contribution in [0.3, 0.4) is 0 Å². The van der Waals surface area contributed by atoms with E-state index in [1.807, 2.05) is 61.5 Å². The summed E-state index contributed by atoms with van der Waals surface area (Å²) < 4.78 is 11.1. The van der Waals surface area contributed by atoms with Gasteiger partial charge in [-0.05, 0) is 31.5 Å². The maximum absolute atomic E-state index is 11.3. The Kier molecular flexibility index (Phi) is 8.32. The minimum atomic E-state index is -0.974. The van der Waals surface area contributed by atoms with E-state index < -0.39 is 12.1 Å². The van der Waals surface area contributed by atoms with E-state index in [1.165, 1.54) is 0 Å². The Morgan fingerprint density at radius 3 is 2.52 bits per heavy atom. The highest BCUT2D eigenvalue weighted by Crippen LogP contribution is 2.16. The van der Waals surface area contributed by atoms with Crippen molar-refractivity contribution in [2.24, 2.45) is 5.16 Å². The Morgan fingerprint density at radius 1 is 1.07 bits per heavy atom. The number of ether oxygens (including phenoxy) is 2. The highest BCUT2D eigenvalue weighted by atomic mass is 16.6. The summed E-state index contributed by atoms with van der Waals surface area (Å²) in [6, 6.07) is 17.0. The molecule has 0 radical (unpaired) electrons. The van der Waals surface area contributed by atoms with Gasteiger partial charge in [0.2, 0.25) is 0 Å². The fraction of sp³-hybridized carbons (Fsp3) is 0.333. The second-order valence-electron chi connectivity index (χ2n) is 5.74. The number of hydrogen-bond acceptors (Lipinski definition) is 5. The molecule has 0 saturated carbocycles. The van der Waals surface area contributed by atoms with Gasteiger partial charge < -0.3 is 19.4 Å². The number of aliphatic carboxylic acids is 1. The van der Waals surface area contributed by atoms with Crippen LogP contribution in [0.2, 0.25) is 0 Å². The summed E-state index contributed by atoms with van der Waals surface area (Å²) in [5.41, 5.74) is 2.43. The van der Waals surface area contributed by atoms with Gasteiger partial charge in [0, 0.05) is 18.6 Å². The number of carboxylic acids is 1. The molecule has 6 nitrogen and oxygen atoms in total. The van der Waals surface area contributed by atoms with E-state index in [-0.39, 0.29) is 13.0 Å². The molecule has 1 unspecified atom stereocenters. The Morgan fingerprint density at radius 2 is 1.85 bits per heavy atom. The Balaban J connectivity index is 2.07. The first-order valence-corrected chi connectivity index (χ1v) is 8.94. The van der Waals surface area contributed by atoms with E-state index in [4.69, 9.17) is 14.3 Å². The van der Waals surface area contributed by atoms with Crippen LogP contribution in [-0.2, 0) is 20.8 Å². The van der Waals surface area contributed by atoms with Crippen LogP contribution in [0, 0.1) is 0 Å². The average molecular weight is 371 g/mol. The Hall–Kier alpha value is -2.86. The first kappa shape index (κ1) is 20.5. The van der Waals surface area contributed by atoms with Crippen molar-refractivity contribution in [3.8, 4) is 5.75 Å². The zero-order valence-electron chi connectivity index (χ0n) is 15.6. The van der Waals surface area contributed by atoms with Crippen LogP contribution in [0.15, 0.2) is 59.8 Å². The van der Waals surface area contributed by atoms with Crippen LogP contribution in [-0.4, -0.2) is 42.7 Å². The Bertz CT molecular complexity index is 745. The third kappa shape index (κ3) is 6.75. The molecule has 27 heavy (non-hydrogen) atoms. The topological polar surface area (TPSA) is 77.3 Å². The smallest absolute Gasteiger partial charge is 0.333 e. The molecule has 2 aromatic carbocycles. The van der Waals surface area contributed by atoms with E-state index in [0.29, 0.717) is 24.7 Å². The number of oxime groups is 1. The highest BCUT2D eigenvalue weighted by molar-refractivity contribution is 6.01. The molecule has 0 bridgehead atoms. The molecule has 2 rings (SSSR count).